The Morgan fingerprint density at radius 2 is 1.86 bits per heavy atom. The molecule has 0 aromatic carbocycles. The van der Waals surface area contributed by atoms with Gasteiger partial charge in [-0.25, -0.2) is 4.79 Å². The molecule has 0 aliphatic carbocycles. The summed E-state index contributed by atoms with van der Waals surface area (Å²) in [4.78, 5) is 27.3. The second-order valence-corrected chi connectivity index (χ2v) is 11.4. The Bertz CT molecular complexity index is 920. The van der Waals surface area contributed by atoms with Crippen molar-refractivity contribution >= 4 is 17.7 Å². The SMILES string of the molecule is CS[C@H]1O[C@H]([C@H](NC(=O)[C@@H]2CC[C@H](CCCO)CCN2Cc2oc(=O)oc2C)C(C)C)[C@H](O)[C@H](O)[C@H]1O. The smallest absolute Gasteiger partial charge is 0.396 e. The number of aryl methyl sites for hydroxylation is 1. The lowest BCUT2D eigenvalue weighted by atomic mass is 9.88. The van der Waals surface area contributed by atoms with E-state index in [4.69, 9.17) is 13.6 Å². The molecule has 0 spiro atoms. The number of amides is 1. The lowest BCUT2D eigenvalue weighted by Crippen LogP contribution is -2.64. The summed E-state index contributed by atoms with van der Waals surface area (Å²) >= 11 is 1.23. The molecular formula is C25H42N2O9S. The van der Waals surface area contributed by atoms with Crippen LogP contribution in [0, 0.1) is 18.8 Å². The van der Waals surface area contributed by atoms with E-state index in [1.165, 1.54) is 11.8 Å². The fourth-order valence-corrected chi connectivity index (χ4v) is 6.02. The van der Waals surface area contributed by atoms with Crippen LogP contribution in [0.2, 0.25) is 0 Å². The Labute approximate surface area is 221 Å². The van der Waals surface area contributed by atoms with Crippen molar-refractivity contribution < 1.29 is 38.8 Å². The third kappa shape index (κ3) is 7.37. The first-order valence-corrected chi connectivity index (χ1v) is 14.3. The third-order valence-corrected chi connectivity index (χ3v) is 8.44. The molecular weight excluding hydrogens is 504 g/mol. The van der Waals surface area contributed by atoms with Gasteiger partial charge in [-0.1, -0.05) is 13.8 Å². The fourth-order valence-electron chi connectivity index (χ4n) is 5.34. The van der Waals surface area contributed by atoms with Crippen molar-refractivity contribution in [1.82, 2.24) is 10.2 Å². The molecule has 2 saturated heterocycles. The molecule has 1 amide bonds. The molecule has 11 nitrogen and oxygen atoms in total. The highest BCUT2D eigenvalue weighted by Crippen LogP contribution is 2.31. The molecule has 3 heterocycles. The minimum Gasteiger partial charge on any atom is -0.396 e. The van der Waals surface area contributed by atoms with E-state index in [2.05, 4.69) is 5.32 Å². The Hall–Kier alpha value is -1.41. The van der Waals surface area contributed by atoms with Crippen LogP contribution in [0.3, 0.4) is 0 Å². The maximum atomic E-state index is 13.8. The van der Waals surface area contributed by atoms with Crippen molar-refractivity contribution in [1.29, 1.82) is 0 Å². The normalized spacial score (nSPS) is 32.3. The fraction of sp³-hybridized carbons (Fsp3) is 0.840. The first kappa shape index (κ1) is 30.1. The number of carbonyl (C=O) groups is 1. The van der Waals surface area contributed by atoms with Gasteiger partial charge in [-0.05, 0) is 63.7 Å². The van der Waals surface area contributed by atoms with E-state index in [0.717, 1.165) is 19.3 Å². The second-order valence-electron chi connectivity index (χ2n) is 10.5. The predicted octanol–water partition coefficient (Wildman–Crippen LogP) is 0.596. The molecule has 2 aliphatic heterocycles. The van der Waals surface area contributed by atoms with Crippen LogP contribution in [0.15, 0.2) is 13.6 Å². The molecule has 12 heteroatoms. The van der Waals surface area contributed by atoms with Crippen molar-refractivity contribution in [3.63, 3.8) is 0 Å². The first-order chi connectivity index (χ1) is 17.6. The van der Waals surface area contributed by atoms with Gasteiger partial charge in [-0.3, -0.25) is 9.69 Å². The minimum absolute atomic E-state index is 0.126. The Morgan fingerprint density at radius 1 is 1.14 bits per heavy atom. The molecule has 37 heavy (non-hydrogen) atoms. The Morgan fingerprint density at radius 3 is 2.46 bits per heavy atom. The van der Waals surface area contributed by atoms with Gasteiger partial charge in [0.1, 0.15) is 35.6 Å². The van der Waals surface area contributed by atoms with E-state index in [1.54, 1.807) is 13.2 Å². The number of nitrogens with one attached hydrogen (secondary N) is 1. The summed E-state index contributed by atoms with van der Waals surface area (Å²) < 4.78 is 16.2. The van der Waals surface area contributed by atoms with Gasteiger partial charge in [0, 0.05) is 6.61 Å². The van der Waals surface area contributed by atoms with Crippen LogP contribution in [0.25, 0.3) is 0 Å². The maximum Gasteiger partial charge on any atom is 0.519 e. The van der Waals surface area contributed by atoms with Crippen LogP contribution in [-0.4, -0.2) is 92.6 Å². The lowest BCUT2D eigenvalue weighted by Gasteiger charge is -2.44. The Kier molecular flexibility index (Phi) is 11.1. The summed E-state index contributed by atoms with van der Waals surface area (Å²) in [6, 6.07) is -1.16. The number of thioether (sulfide) groups is 1. The monoisotopic (exact) mass is 546 g/mol. The molecule has 3 rings (SSSR count). The number of hydrogen-bond donors (Lipinski definition) is 5. The quantitative estimate of drug-likeness (QED) is 0.279. The van der Waals surface area contributed by atoms with Gasteiger partial charge < -0.3 is 39.3 Å². The van der Waals surface area contributed by atoms with Gasteiger partial charge in [-0.15, -0.1) is 11.8 Å². The summed E-state index contributed by atoms with van der Waals surface area (Å²) in [5, 5.41) is 43.7. The van der Waals surface area contributed by atoms with Crippen LogP contribution < -0.4 is 11.1 Å². The molecule has 5 N–H and O–H groups in total. The van der Waals surface area contributed by atoms with Crippen LogP contribution in [0.1, 0.15) is 57.5 Å². The number of rotatable bonds is 10. The summed E-state index contributed by atoms with van der Waals surface area (Å²) in [5.74, 6) is -0.0613. The van der Waals surface area contributed by atoms with Crippen molar-refractivity contribution in [2.45, 2.75) is 101 Å². The van der Waals surface area contributed by atoms with Gasteiger partial charge in [0.25, 0.3) is 0 Å². The van der Waals surface area contributed by atoms with Gasteiger partial charge in [0.15, 0.2) is 5.76 Å². The zero-order valence-corrected chi connectivity index (χ0v) is 22.9. The van der Waals surface area contributed by atoms with Gasteiger partial charge in [-0.2, -0.15) is 0 Å². The van der Waals surface area contributed by atoms with E-state index in [9.17, 15) is 30.0 Å². The Balaban J connectivity index is 1.81. The first-order valence-electron chi connectivity index (χ1n) is 13.0. The third-order valence-electron chi connectivity index (χ3n) is 7.59. The van der Waals surface area contributed by atoms with Gasteiger partial charge >= 0.3 is 5.82 Å². The van der Waals surface area contributed by atoms with Gasteiger partial charge in [0.05, 0.1) is 18.6 Å². The molecule has 1 aromatic rings. The number of likely N-dealkylation sites (tertiary alicyclic amines) is 1. The van der Waals surface area contributed by atoms with Crippen LogP contribution >= 0.6 is 11.8 Å². The second kappa shape index (κ2) is 13.6. The van der Waals surface area contributed by atoms with Crippen LogP contribution in [0.4, 0.5) is 0 Å². The van der Waals surface area contributed by atoms with Gasteiger partial charge in [0.2, 0.25) is 5.91 Å². The molecule has 212 valence electrons. The lowest BCUT2D eigenvalue weighted by molar-refractivity contribution is -0.208. The van der Waals surface area contributed by atoms with E-state index >= 15 is 0 Å². The maximum absolute atomic E-state index is 13.8. The van der Waals surface area contributed by atoms with E-state index < -0.39 is 47.8 Å². The summed E-state index contributed by atoms with van der Waals surface area (Å²) in [5.41, 5.74) is -0.741. The zero-order valence-electron chi connectivity index (χ0n) is 22.0. The predicted molar refractivity (Wildman–Crippen MR) is 137 cm³/mol. The van der Waals surface area contributed by atoms with E-state index in [0.29, 0.717) is 36.8 Å². The summed E-state index contributed by atoms with van der Waals surface area (Å²) in [7, 11) is 0. The molecule has 1 aromatic heterocycles. The molecule has 0 unspecified atom stereocenters. The molecule has 8 atom stereocenters. The van der Waals surface area contributed by atoms with Crippen molar-refractivity contribution in [3.8, 4) is 0 Å². The number of ether oxygens (including phenoxy) is 1. The number of aliphatic hydroxyl groups excluding tert-OH is 4. The van der Waals surface area contributed by atoms with E-state index in [-0.39, 0.29) is 25.0 Å². The van der Waals surface area contributed by atoms with Crippen molar-refractivity contribution in [2.24, 2.45) is 11.8 Å². The zero-order chi connectivity index (χ0) is 27.3. The highest BCUT2D eigenvalue weighted by molar-refractivity contribution is 7.99. The largest absolute Gasteiger partial charge is 0.519 e. The topological polar surface area (TPSA) is 166 Å². The minimum atomic E-state index is -1.40. The molecule has 0 bridgehead atoms. The average Bonchev–Trinajstić information content (AvgIpc) is 3.04. The number of carbonyl (C=O) groups excluding carboxylic acids is 1. The molecule has 2 aliphatic rings. The average molecular weight is 547 g/mol. The number of hydrogen-bond acceptors (Lipinski definition) is 11. The molecule has 2 fully saturated rings. The van der Waals surface area contributed by atoms with Crippen LogP contribution in [-0.2, 0) is 16.1 Å². The van der Waals surface area contributed by atoms with Crippen molar-refractivity contribution in [2.75, 3.05) is 19.4 Å². The standard InChI is InChI=1S/C25H42N2O9S/c1-13(2)18(22-20(30)19(29)21(31)24(36-22)37-4)26-23(32)16-8-7-15(6-5-11-28)9-10-27(16)12-17-14(3)34-25(33)35-17/h13,15-16,18-22,24,28-31H,5-12H2,1-4H3,(H,26,32)/t15-,16-,18+,19-,20+,21+,22+,24+/m0/s1. The summed E-state index contributed by atoms with van der Waals surface area (Å²) in [6.07, 6.45) is 0.586. The summed E-state index contributed by atoms with van der Waals surface area (Å²) in [6.45, 7) is 6.39. The van der Waals surface area contributed by atoms with E-state index in [1.807, 2.05) is 18.7 Å². The molecule has 0 saturated carbocycles. The van der Waals surface area contributed by atoms with Crippen molar-refractivity contribution in [3.05, 3.63) is 22.1 Å². The van der Waals surface area contributed by atoms with Crippen LogP contribution in [0.5, 0.6) is 0 Å². The number of aliphatic hydroxyl groups is 4. The molecule has 0 radical (unpaired) electrons. The highest BCUT2D eigenvalue weighted by Gasteiger charge is 2.48. The highest BCUT2D eigenvalue weighted by atomic mass is 32.2. The number of nitrogens with zero attached hydrogens (tertiary/aromatic N) is 1.